The summed E-state index contributed by atoms with van der Waals surface area (Å²) >= 11 is 0. The van der Waals surface area contributed by atoms with Gasteiger partial charge < -0.3 is 38.3 Å². The third-order valence-corrected chi connectivity index (χ3v) is 11.6. The molecule has 20 nitrogen and oxygen atoms in total. The zero-order valence-corrected chi connectivity index (χ0v) is 37.6. The van der Waals surface area contributed by atoms with Crippen LogP contribution in [0, 0.1) is 20.2 Å². The lowest BCUT2D eigenvalue weighted by Crippen LogP contribution is -2.40. The summed E-state index contributed by atoms with van der Waals surface area (Å²) in [6.45, 7) is -0.153. The number of rotatable bonds is 20. The van der Waals surface area contributed by atoms with Gasteiger partial charge in [-0.3, -0.25) is 30.1 Å². The largest absolute Gasteiger partial charge is 0.497 e. The molecular formula is C49H47N7O13. The molecule has 0 radical (unpaired) electrons. The Bertz CT molecular complexity index is 2820. The summed E-state index contributed by atoms with van der Waals surface area (Å²) in [5.74, 6) is 1.08. The fourth-order valence-corrected chi connectivity index (χ4v) is 8.07. The van der Waals surface area contributed by atoms with Crippen LogP contribution in [0.15, 0.2) is 134 Å². The molecule has 5 aromatic carbocycles. The Kier molecular flexibility index (Phi) is 14.6. The highest BCUT2D eigenvalue weighted by atomic mass is 16.6. The predicted molar refractivity (Wildman–Crippen MR) is 248 cm³/mol. The zero-order chi connectivity index (χ0) is 48.5. The molecule has 1 saturated heterocycles. The second-order valence-corrected chi connectivity index (χ2v) is 15.7. The van der Waals surface area contributed by atoms with Crippen molar-refractivity contribution in [3.8, 4) is 17.4 Å². The maximum Gasteiger partial charge on any atom is 0.414 e. The van der Waals surface area contributed by atoms with Gasteiger partial charge in [-0.05, 0) is 52.1 Å². The first-order chi connectivity index (χ1) is 33.5. The highest BCUT2D eigenvalue weighted by molar-refractivity contribution is 5.85. The number of non-ortho nitro benzene ring substituents is 2. The van der Waals surface area contributed by atoms with Gasteiger partial charge in [-0.15, -0.1) is 0 Å². The van der Waals surface area contributed by atoms with E-state index >= 15 is 0 Å². The molecule has 8 rings (SSSR count). The van der Waals surface area contributed by atoms with Crippen molar-refractivity contribution < 1.29 is 52.9 Å². The SMILES string of the molecule is COc1ccc(C(OC[C@H]2O[C@@H](n3cnc4c(OCCc5ccc([N+](=O)[O-])cc5)nc(NC(=O)OCCc5ccc([N+](=O)[O-])cc5)nc43)[C@H](OC)[C@@H]2O)(c2ccccc2)c2ccc(OC)cc2)cc1. The second-order valence-electron chi connectivity index (χ2n) is 15.7. The van der Waals surface area contributed by atoms with E-state index in [4.69, 9.17) is 33.2 Å². The Balaban J connectivity index is 1.08. The molecular weight excluding hydrogens is 895 g/mol. The van der Waals surface area contributed by atoms with Gasteiger partial charge in [-0.1, -0.05) is 78.9 Å². The summed E-state index contributed by atoms with van der Waals surface area (Å²) in [6, 6.07) is 36.7. The number of hydrogen-bond acceptors (Lipinski definition) is 16. The minimum atomic E-state index is -1.24. The highest BCUT2D eigenvalue weighted by Gasteiger charge is 2.48. The molecule has 2 aromatic heterocycles. The lowest BCUT2D eigenvalue weighted by atomic mass is 9.80. The molecule has 0 bridgehead atoms. The van der Waals surface area contributed by atoms with Gasteiger partial charge in [0.05, 0.1) is 50.2 Å². The van der Waals surface area contributed by atoms with Gasteiger partial charge in [-0.25, -0.2) is 9.78 Å². The van der Waals surface area contributed by atoms with Crippen molar-refractivity contribution in [1.82, 2.24) is 19.5 Å². The normalized spacial score (nSPS) is 16.8. The molecule has 1 aliphatic rings. The average molecular weight is 942 g/mol. The summed E-state index contributed by atoms with van der Waals surface area (Å²) in [4.78, 5) is 48.0. The molecule has 0 unspecified atom stereocenters. The van der Waals surface area contributed by atoms with Crippen molar-refractivity contribution in [3.63, 3.8) is 0 Å². The number of carbonyl (C=O) groups is 1. The van der Waals surface area contributed by atoms with E-state index < -0.39 is 46.1 Å². The Labute approximate surface area is 394 Å². The van der Waals surface area contributed by atoms with Crippen molar-refractivity contribution in [2.45, 2.75) is 43.0 Å². The summed E-state index contributed by atoms with van der Waals surface area (Å²) in [5.41, 5.74) is 2.81. The van der Waals surface area contributed by atoms with E-state index in [1.54, 1.807) is 43.1 Å². The molecule has 0 saturated carbocycles. The van der Waals surface area contributed by atoms with E-state index in [2.05, 4.69) is 20.3 Å². The monoisotopic (exact) mass is 941 g/mol. The van der Waals surface area contributed by atoms with E-state index in [1.165, 1.54) is 37.7 Å². The van der Waals surface area contributed by atoms with Crippen molar-refractivity contribution in [2.24, 2.45) is 0 Å². The Morgan fingerprint density at radius 2 is 1.30 bits per heavy atom. The van der Waals surface area contributed by atoms with Crippen LogP contribution < -0.4 is 19.5 Å². The van der Waals surface area contributed by atoms with Gasteiger partial charge in [0, 0.05) is 44.2 Å². The van der Waals surface area contributed by atoms with Crippen LogP contribution in [-0.2, 0) is 37.4 Å². The number of nitrogens with one attached hydrogen (secondary N) is 1. The van der Waals surface area contributed by atoms with Gasteiger partial charge in [0.2, 0.25) is 11.8 Å². The Morgan fingerprint density at radius 1 is 0.754 bits per heavy atom. The van der Waals surface area contributed by atoms with E-state index in [1.807, 2.05) is 78.9 Å². The number of carbonyl (C=O) groups excluding carboxylic acids is 1. The molecule has 1 aliphatic heterocycles. The molecule has 1 amide bonds. The molecule has 3 heterocycles. The third kappa shape index (κ3) is 10.4. The van der Waals surface area contributed by atoms with Crippen molar-refractivity contribution in [2.75, 3.05) is 46.5 Å². The first kappa shape index (κ1) is 47.5. The number of amides is 1. The average Bonchev–Trinajstić information content (AvgIpc) is 3.94. The number of fused-ring (bicyclic) bond motifs is 1. The highest BCUT2D eigenvalue weighted by Crippen LogP contribution is 2.43. The third-order valence-electron chi connectivity index (χ3n) is 11.6. The van der Waals surface area contributed by atoms with Gasteiger partial charge in [0.25, 0.3) is 11.4 Å². The summed E-state index contributed by atoms with van der Waals surface area (Å²) in [6.07, 6.45) is -3.08. The molecule has 0 aliphatic carbocycles. The maximum atomic E-state index is 13.1. The number of ether oxygens (including phenoxy) is 7. The number of hydrogen-bond donors (Lipinski definition) is 2. The molecule has 356 valence electrons. The number of imidazole rings is 1. The van der Waals surface area contributed by atoms with Gasteiger partial charge in [-0.2, -0.15) is 9.97 Å². The summed E-state index contributed by atoms with van der Waals surface area (Å²) < 4.78 is 43.7. The number of anilines is 1. The van der Waals surface area contributed by atoms with E-state index in [-0.39, 0.29) is 60.6 Å². The first-order valence-electron chi connectivity index (χ1n) is 21.6. The maximum absolute atomic E-state index is 13.1. The van der Waals surface area contributed by atoms with Gasteiger partial charge in [0.1, 0.15) is 35.4 Å². The van der Waals surface area contributed by atoms with Crippen molar-refractivity contribution in [3.05, 3.63) is 182 Å². The van der Waals surface area contributed by atoms with E-state index in [0.29, 0.717) is 23.5 Å². The topological polar surface area (TPSA) is 244 Å². The van der Waals surface area contributed by atoms with E-state index in [0.717, 1.165) is 22.3 Å². The quantitative estimate of drug-likeness (QED) is 0.0431. The van der Waals surface area contributed by atoms with Crippen LogP contribution in [0.2, 0.25) is 0 Å². The number of nitrogens with zero attached hydrogens (tertiary/aromatic N) is 6. The first-order valence-corrected chi connectivity index (χ1v) is 21.6. The number of benzene rings is 5. The lowest BCUT2D eigenvalue weighted by Gasteiger charge is -2.37. The molecule has 1 fully saturated rings. The summed E-state index contributed by atoms with van der Waals surface area (Å²) in [5, 5.41) is 36.7. The van der Waals surface area contributed by atoms with Crippen LogP contribution >= 0.6 is 0 Å². The molecule has 4 atom stereocenters. The molecule has 20 heteroatoms. The fraction of sp³-hybridized carbons (Fsp3) is 0.265. The Hall–Kier alpha value is -8.04. The Morgan fingerprint density at radius 3 is 1.84 bits per heavy atom. The number of nitro benzene ring substituents is 2. The predicted octanol–water partition coefficient (Wildman–Crippen LogP) is 7.35. The molecule has 2 N–H and O–H groups in total. The number of aliphatic hydroxyl groups is 1. The van der Waals surface area contributed by atoms with Gasteiger partial charge in [0.15, 0.2) is 17.4 Å². The van der Waals surface area contributed by atoms with Crippen LogP contribution in [0.5, 0.6) is 17.4 Å². The standard InChI is InChI=1S/C49H47N7O13/c1-63-38-21-13-34(14-22-38)49(33-7-5-4-6-8-33,35-15-23-39(64-2)24-16-35)68-29-40-42(57)43(65-3)46(69-40)54-30-50-41-44(54)51-47(52-45(41)66-27-25-31-9-17-36(18-10-31)55(59)60)53-48(58)67-28-26-32-11-19-37(20-12-32)56(61)62/h4-24,30,40,42-43,46,57H,25-29H2,1-3H3,(H,51,52,53,58)/t40-,42-,43-,46-/m1/s1. The lowest BCUT2D eigenvalue weighted by molar-refractivity contribution is -0.385. The fourth-order valence-electron chi connectivity index (χ4n) is 8.07. The molecule has 69 heavy (non-hydrogen) atoms. The van der Waals surface area contributed by atoms with Crippen LogP contribution in [0.3, 0.4) is 0 Å². The summed E-state index contributed by atoms with van der Waals surface area (Å²) in [7, 11) is 4.63. The molecule has 7 aromatic rings. The van der Waals surface area contributed by atoms with Crippen molar-refractivity contribution in [1.29, 1.82) is 0 Å². The minimum absolute atomic E-state index is 0.0131. The van der Waals surface area contributed by atoms with Crippen LogP contribution in [0.1, 0.15) is 34.0 Å². The number of methoxy groups -OCH3 is 3. The van der Waals surface area contributed by atoms with Crippen molar-refractivity contribution >= 4 is 34.6 Å². The van der Waals surface area contributed by atoms with Crippen LogP contribution in [0.25, 0.3) is 11.2 Å². The number of aliphatic hydroxyl groups excluding tert-OH is 1. The number of nitro groups is 2. The van der Waals surface area contributed by atoms with E-state index in [9.17, 15) is 30.1 Å². The van der Waals surface area contributed by atoms with Gasteiger partial charge >= 0.3 is 6.09 Å². The van der Waals surface area contributed by atoms with Crippen LogP contribution in [0.4, 0.5) is 22.1 Å². The van der Waals surface area contributed by atoms with Crippen LogP contribution in [-0.4, -0.2) is 100 Å². The second kappa shape index (κ2) is 21.3. The minimum Gasteiger partial charge on any atom is -0.497 e. The zero-order valence-electron chi connectivity index (χ0n) is 37.6. The molecule has 0 spiro atoms. The number of aromatic nitrogens is 4. The smallest absolute Gasteiger partial charge is 0.414 e.